The normalized spacial score (nSPS) is 19.9. The van der Waals surface area contributed by atoms with E-state index in [1.807, 2.05) is 6.07 Å². The van der Waals surface area contributed by atoms with Crippen LogP contribution in [0.2, 0.25) is 0 Å². The minimum Gasteiger partial charge on any atom is -0.454 e. The van der Waals surface area contributed by atoms with Crippen molar-refractivity contribution in [2.75, 3.05) is 20.1 Å². The fourth-order valence-electron chi connectivity index (χ4n) is 3.94. The van der Waals surface area contributed by atoms with Gasteiger partial charge in [0.15, 0.2) is 0 Å². The van der Waals surface area contributed by atoms with E-state index in [1.54, 1.807) is 0 Å². The lowest BCUT2D eigenvalue weighted by atomic mass is 9.80. The molecule has 0 N–H and O–H groups in total. The number of carbonyl (C=O) groups is 1. The number of benzene rings is 2. The first-order valence-corrected chi connectivity index (χ1v) is 9.70. The van der Waals surface area contributed by atoms with Gasteiger partial charge in [-0.25, -0.2) is 0 Å². The summed E-state index contributed by atoms with van der Waals surface area (Å²) in [7, 11) is 2.14. The van der Waals surface area contributed by atoms with Crippen molar-refractivity contribution in [3.63, 3.8) is 0 Å². The van der Waals surface area contributed by atoms with Crippen LogP contribution < -0.4 is 0 Å². The van der Waals surface area contributed by atoms with E-state index in [1.165, 1.54) is 16.7 Å². The lowest BCUT2D eigenvalue weighted by molar-refractivity contribution is -0.168. The molecule has 0 aromatic heterocycles. The summed E-state index contributed by atoms with van der Waals surface area (Å²) in [4.78, 5) is 14.9. The molecule has 1 heterocycles. The number of carbonyl (C=O) groups excluding carboxylic acids is 1. The van der Waals surface area contributed by atoms with Crippen LogP contribution in [0.3, 0.4) is 0 Å². The predicted molar refractivity (Wildman–Crippen MR) is 103 cm³/mol. The smallest absolute Gasteiger partial charge is 0.309 e. The van der Waals surface area contributed by atoms with Crippen molar-refractivity contribution in [3.8, 4) is 0 Å². The second-order valence-corrected chi connectivity index (χ2v) is 7.81. The lowest BCUT2D eigenvalue weighted by Crippen LogP contribution is -2.44. The number of hydrogen-bond donors (Lipinski definition) is 0. The Hall–Kier alpha value is -2.13. The van der Waals surface area contributed by atoms with E-state index in [-0.39, 0.29) is 11.9 Å². The first kappa shape index (κ1) is 17.3. The number of esters is 1. The topological polar surface area (TPSA) is 29.5 Å². The number of likely N-dealkylation sites (tertiary alicyclic amines) is 1. The zero-order valence-corrected chi connectivity index (χ0v) is 15.5. The number of piperidine rings is 1. The van der Waals surface area contributed by atoms with E-state index in [0.717, 1.165) is 45.2 Å². The number of ether oxygens (including phenoxy) is 1. The Kier molecular flexibility index (Phi) is 4.82. The molecule has 0 atom stereocenters. The molecular weight excluding hydrogens is 322 g/mol. The van der Waals surface area contributed by atoms with Gasteiger partial charge in [-0.2, -0.15) is 0 Å². The highest BCUT2D eigenvalue weighted by molar-refractivity contribution is 5.75. The monoisotopic (exact) mass is 349 g/mol. The molecule has 3 heteroatoms. The standard InChI is InChI=1S/C23H27NO2/c1-24-15-13-23(14-16-24,26-22(25)19-11-12-19)21-10-6-5-9-20(21)17-18-7-3-2-4-8-18/h2-10,19H,11-17H2,1H3. The van der Waals surface area contributed by atoms with E-state index in [0.29, 0.717) is 0 Å². The van der Waals surface area contributed by atoms with Crippen molar-refractivity contribution in [2.45, 2.75) is 37.7 Å². The van der Waals surface area contributed by atoms with Crippen LogP contribution in [0.15, 0.2) is 54.6 Å². The summed E-state index contributed by atoms with van der Waals surface area (Å²) in [6.45, 7) is 1.91. The second-order valence-electron chi connectivity index (χ2n) is 7.81. The van der Waals surface area contributed by atoms with Gasteiger partial charge in [0.2, 0.25) is 0 Å². The van der Waals surface area contributed by atoms with Crippen LogP contribution in [-0.2, 0) is 21.6 Å². The molecule has 1 saturated carbocycles. The zero-order valence-electron chi connectivity index (χ0n) is 15.5. The van der Waals surface area contributed by atoms with Crippen molar-refractivity contribution in [2.24, 2.45) is 5.92 Å². The molecule has 1 aliphatic heterocycles. The summed E-state index contributed by atoms with van der Waals surface area (Å²) < 4.78 is 6.25. The minimum atomic E-state index is -0.475. The Morgan fingerprint density at radius 3 is 2.38 bits per heavy atom. The fraction of sp³-hybridized carbons (Fsp3) is 0.435. The summed E-state index contributed by atoms with van der Waals surface area (Å²) in [6.07, 6.45) is 4.58. The average Bonchev–Trinajstić information content (AvgIpc) is 3.51. The molecule has 136 valence electrons. The van der Waals surface area contributed by atoms with E-state index >= 15 is 0 Å². The number of nitrogens with zero attached hydrogens (tertiary/aromatic N) is 1. The summed E-state index contributed by atoms with van der Waals surface area (Å²) >= 11 is 0. The third kappa shape index (κ3) is 3.68. The largest absolute Gasteiger partial charge is 0.454 e. The van der Waals surface area contributed by atoms with Crippen LogP contribution in [0, 0.1) is 5.92 Å². The molecule has 3 nitrogen and oxygen atoms in total. The fourth-order valence-corrected chi connectivity index (χ4v) is 3.94. The molecule has 1 aliphatic carbocycles. The van der Waals surface area contributed by atoms with Crippen LogP contribution >= 0.6 is 0 Å². The maximum atomic E-state index is 12.6. The first-order valence-electron chi connectivity index (χ1n) is 9.70. The SMILES string of the molecule is CN1CCC(OC(=O)C2CC2)(c2ccccc2Cc2ccccc2)CC1. The van der Waals surface area contributed by atoms with Gasteiger partial charge in [0.05, 0.1) is 5.92 Å². The molecule has 2 fully saturated rings. The van der Waals surface area contributed by atoms with Crippen LogP contribution in [0.25, 0.3) is 0 Å². The second kappa shape index (κ2) is 7.24. The Morgan fingerprint density at radius 1 is 1.04 bits per heavy atom. The molecule has 4 rings (SSSR count). The van der Waals surface area contributed by atoms with Crippen molar-refractivity contribution < 1.29 is 9.53 Å². The average molecular weight is 349 g/mol. The predicted octanol–water partition coefficient (Wildman–Crippen LogP) is 4.15. The molecule has 0 radical (unpaired) electrons. The molecule has 0 bridgehead atoms. The van der Waals surface area contributed by atoms with Crippen LogP contribution in [0.5, 0.6) is 0 Å². The molecule has 0 spiro atoms. The van der Waals surface area contributed by atoms with Crippen molar-refractivity contribution in [3.05, 3.63) is 71.3 Å². The lowest BCUT2D eigenvalue weighted by Gasteiger charge is -2.41. The quantitative estimate of drug-likeness (QED) is 0.760. The molecule has 2 aromatic rings. The summed E-state index contributed by atoms with van der Waals surface area (Å²) in [6, 6.07) is 19.1. The van der Waals surface area contributed by atoms with E-state index in [4.69, 9.17) is 4.74 Å². The van der Waals surface area contributed by atoms with Gasteiger partial charge in [0.1, 0.15) is 5.60 Å². The summed E-state index contributed by atoms with van der Waals surface area (Å²) in [5.74, 6) is 0.136. The third-order valence-corrected chi connectivity index (χ3v) is 5.75. The maximum Gasteiger partial charge on any atom is 0.309 e. The van der Waals surface area contributed by atoms with E-state index in [9.17, 15) is 4.79 Å². The molecule has 2 aliphatic rings. The molecule has 0 amide bonds. The Bertz CT molecular complexity index is 759. The highest BCUT2D eigenvalue weighted by atomic mass is 16.6. The first-order chi connectivity index (χ1) is 12.7. The highest BCUT2D eigenvalue weighted by Gasteiger charge is 2.43. The number of hydrogen-bond acceptors (Lipinski definition) is 3. The molecule has 0 unspecified atom stereocenters. The highest BCUT2D eigenvalue weighted by Crippen LogP contribution is 2.42. The zero-order chi connectivity index (χ0) is 18.0. The number of rotatable bonds is 5. The molecule has 1 saturated heterocycles. The van der Waals surface area contributed by atoms with Crippen LogP contribution in [0.1, 0.15) is 42.4 Å². The molecule has 2 aromatic carbocycles. The van der Waals surface area contributed by atoms with Crippen LogP contribution in [0.4, 0.5) is 0 Å². The van der Waals surface area contributed by atoms with Gasteiger partial charge in [0, 0.05) is 25.9 Å². The van der Waals surface area contributed by atoms with Crippen molar-refractivity contribution in [1.29, 1.82) is 0 Å². The van der Waals surface area contributed by atoms with Crippen molar-refractivity contribution >= 4 is 5.97 Å². The van der Waals surface area contributed by atoms with Crippen LogP contribution in [-0.4, -0.2) is 31.0 Å². The van der Waals surface area contributed by atoms with Gasteiger partial charge in [-0.05, 0) is 43.0 Å². The molecular formula is C23H27NO2. The van der Waals surface area contributed by atoms with Gasteiger partial charge < -0.3 is 9.64 Å². The summed E-state index contributed by atoms with van der Waals surface area (Å²) in [5.41, 5.74) is 3.28. The van der Waals surface area contributed by atoms with Gasteiger partial charge in [-0.15, -0.1) is 0 Å². The maximum absolute atomic E-state index is 12.6. The molecule has 26 heavy (non-hydrogen) atoms. The van der Waals surface area contributed by atoms with E-state index in [2.05, 4.69) is 60.5 Å². The van der Waals surface area contributed by atoms with E-state index < -0.39 is 5.60 Å². The summed E-state index contributed by atoms with van der Waals surface area (Å²) in [5, 5.41) is 0. The Labute approximate surface area is 156 Å². The van der Waals surface area contributed by atoms with Gasteiger partial charge >= 0.3 is 5.97 Å². The van der Waals surface area contributed by atoms with Crippen molar-refractivity contribution in [1.82, 2.24) is 4.90 Å². The minimum absolute atomic E-state index is 0.00377. The van der Waals surface area contributed by atoms with Gasteiger partial charge in [0.25, 0.3) is 0 Å². The van der Waals surface area contributed by atoms with Gasteiger partial charge in [-0.1, -0.05) is 54.6 Å². The Morgan fingerprint density at radius 2 is 1.69 bits per heavy atom. The van der Waals surface area contributed by atoms with Gasteiger partial charge in [-0.3, -0.25) is 4.79 Å². The Balaban J connectivity index is 1.67. The third-order valence-electron chi connectivity index (χ3n) is 5.75.